The number of nitrogens with zero attached hydrogens (tertiary/aromatic N) is 4. The molecule has 0 radical (unpaired) electrons. The van der Waals surface area contributed by atoms with Crippen molar-refractivity contribution in [2.45, 2.75) is 32.8 Å². The highest BCUT2D eigenvalue weighted by Gasteiger charge is 2.28. The molecule has 3 heterocycles. The zero-order valence-electron chi connectivity index (χ0n) is 14.7. The van der Waals surface area contributed by atoms with Crippen molar-refractivity contribution < 1.29 is 14.3 Å². The Morgan fingerprint density at radius 2 is 2.36 bits per heavy atom. The number of hydrogen-bond acceptors (Lipinski definition) is 6. The van der Waals surface area contributed by atoms with Gasteiger partial charge in [0.15, 0.2) is 11.6 Å². The zero-order valence-corrected chi connectivity index (χ0v) is 14.7. The largest absolute Gasteiger partial charge is 0.478 e. The fourth-order valence-corrected chi connectivity index (χ4v) is 2.64. The van der Waals surface area contributed by atoms with E-state index in [2.05, 4.69) is 20.2 Å². The standard InChI is InChI=1S/C17H23N5O3/c1-4-24-14-9-12(5-6-18-14)17(23)22-7-8-25-13(10-22)16-19-15(11(2)3)20-21-16/h5-6,9,11,13H,4,7-8,10H2,1-3H3,(H,19,20,21)/t13-/m0/s1. The average Bonchev–Trinajstić information content (AvgIpc) is 3.12. The Balaban J connectivity index is 1.72. The van der Waals surface area contributed by atoms with Crippen LogP contribution >= 0.6 is 0 Å². The highest BCUT2D eigenvalue weighted by atomic mass is 16.5. The molecule has 0 spiro atoms. The molecule has 1 aliphatic rings. The molecule has 2 aromatic rings. The van der Waals surface area contributed by atoms with E-state index in [9.17, 15) is 4.79 Å². The van der Waals surface area contributed by atoms with Crippen molar-refractivity contribution in [1.82, 2.24) is 25.1 Å². The number of carbonyl (C=O) groups is 1. The molecule has 8 nitrogen and oxygen atoms in total. The molecule has 1 amide bonds. The van der Waals surface area contributed by atoms with E-state index in [4.69, 9.17) is 9.47 Å². The van der Waals surface area contributed by atoms with Crippen LogP contribution in [-0.2, 0) is 4.74 Å². The van der Waals surface area contributed by atoms with Gasteiger partial charge in [-0.3, -0.25) is 9.89 Å². The van der Waals surface area contributed by atoms with E-state index >= 15 is 0 Å². The molecule has 134 valence electrons. The van der Waals surface area contributed by atoms with Crippen molar-refractivity contribution in [2.24, 2.45) is 0 Å². The maximum absolute atomic E-state index is 12.8. The lowest BCUT2D eigenvalue weighted by atomic mass is 10.2. The van der Waals surface area contributed by atoms with Crippen molar-refractivity contribution in [3.05, 3.63) is 35.5 Å². The average molecular weight is 345 g/mol. The van der Waals surface area contributed by atoms with Crippen molar-refractivity contribution >= 4 is 5.91 Å². The van der Waals surface area contributed by atoms with Crippen LogP contribution in [0.5, 0.6) is 5.88 Å². The molecule has 0 aliphatic carbocycles. The van der Waals surface area contributed by atoms with Crippen molar-refractivity contribution in [3.63, 3.8) is 0 Å². The first-order chi connectivity index (χ1) is 12.1. The summed E-state index contributed by atoms with van der Waals surface area (Å²) < 4.78 is 11.1. The molecule has 2 aromatic heterocycles. The van der Waals surface area contributed by atoms with Crippen LogP contribution in [0.15, 0.2) is 18.3 Å². The Kier molecular flexibility index (Phi) is 5.28. The molecular weight excluding hydrogens is 322 g/mol. The van der Waals surface area contributed by atoms with Crippen LogP contribution in [0, 0.1) is 0 Å². The number of rotatable bonds is 5. The second kappa shape index (κ2) is 7.60. The highest BCUT2D eigenvalue weighted by molar-refractivity contribution is 5.94. The molecule has 0 unspecified atom stereocenters. The Bertz CT molecular complexity index is 731. The monoisotopic (exact) mass is 345 g/mol. The second-order valence-corrected chi connectivity index (χ2v) is 6.16. The van der Waals surface area contributed by atoms with E-state index in [1.165, 1.54) is 0 Å². The zero-order chi connectivity index (χ0) is 17.8. The smallest absolute Gasteiger partial charge is 0.254 e. The molecule has 1 saturated heterocycles. The maximum Gasteiger partial charge on any atom is 0.254 e. The maximum atomic E-state index is 12.8. The normalized spacial score (nSPS) is 17.8. The minimum atomic E-state index is -0.300. The van der Waals surface area contributed by atoms with E-state index in [0.717, 1.165) is 5.82 Å². The third-order valence-corrected chi connectivity index (χ3v) is 3.97. The summed E-state index contributed by atoms with van der Waals surface area (Å²) in [4.78, 5) is 23.1. The van der Waals surface area contributed by atoms with Crippen LogP contribution in [0.1, 0.15) is 54.8 Å². The van der Waals surface area contributed by atoms with Gasteiger partial charge in [-0.05, 0) is 13.0 Å². The van der Waals surface area contributed by atoms with E-state index in [1.54, 1.807) is 23.2 Å². The quantitative estimate of drug-likeness (QED) is 0.890. The summed E-state index contributed by atoms with van der Waals surface area (Å²) in [5.74, 6) is 2.03. The van der Waals surface area contributed by atoms with Gasteiger partial charge in [-0.15, -0.1) is 0 Å². The third kappa shape index (κ3) is 3.96. The van der Waals surface area contributed by atoms with Gasteiger partial charge in [0, 0.05) is 30.3 Å². The number of morpholine rings is 1. The van der Waals surface area contributed by atoms with Gasteiger partial charge in [-0.2, -0.15) is 5.10 Å². The van der Waals surface area contributed by atoms with Gasteiger partial charge in [0.05, 0.1) is 19.8 Å². The lowest BCUT2D eigenvalue weighted by molar-refractivity contribution is -0.0267. The van der Waals surface area contributed by atoms with Crippen LogP contribution in [-0.4, -0.2) is 57.3 Å². The number of amides is 1. The van der Waals surface area contributed by atoms with Gasteiger partial charge in [0.2, 0.25) is 5.88 Å². The lowest BCUT2D eigenvalue weighted by Gasteiger charge is -2.32. The van der Waals surface area contributed by atoms with Gasteiger partial charge < -0.3 is 14.4 Å². The van der Waals surface area contributed by atoms with Crippen LogP contribution in [0.25, 0.3) is 0 Å². The van der Waals surface area contributed by atoms with Crippen LogP contribution < -0.4 is 4.74 Å². The Morgan fingerprint density at radius 3 is 3.08 bits per heavy atom. The topological polar surface area (TPSA) is 93.2 Å². The fourth-order valence-electron chi connectivity index (χ4n) is 2.64. The summed E-state index contributed by atoms with van der Waals surface area (Å²) in [5, 5.41) is 7.13. The van der Waals surface area contributed by atoms with E-state index in [1.807, 2.05) is 20.8 Å². The number of nitrogens with one attached hydrogen (secondary N) is 1. The van der Waals surface area contributed by atoms with Crippen molar-refractivity contribution in [1.29, 1.82) is 0 Å². The van der Waals surface area contributed by atoms with E-state index < -0.39 is 0 Å². The minimum absolute atomic E-state index is 0.0692. The second-order valence-electron chi connectivity index (χ2n) is 6.16. The number of aromatic nitrogens is 4. The summed E-state index contributed by atoms with van der Waals surface area (Å²) in [6.07, 6.45) is 1.28. The number of aromatic amines is 1. The number of H-pyrrole nitrogens is 1. The minimum Gasteiger partial charge on any atom is -0.478 e. The molecule has 1 fully saturated rings. The fraction of sp³-hybridized carbons (Fsp3) is 0.529. The summed E-state index contributed by atoms with van der Waals surface area (Å²) in [5.41, 5.74) is 0.555. The molecular formula is C17H23N5O3. The first-order valence-electron chi connectivity index (χ1n) is 8.50. The lowest BCUT2D eigenvalue weighted by Crippen LogP contribution is -2.42. The summed E-state index contributed by atoms with van der Waals surface area (Å²) in [7, 11) is 0. The molecule has 0 aromatic carbocycles. The summed E-state index contributed by atoms with van der Waals surface area (Å²) in [6.45, 7) is 7.87. The van der Waals surface area contributed by atoms with Crippen LogP contribution in [0.3, 0.4) is 0 Å². The third-order valence-electron chi connectivity index (χ3n) is 3.97. The van der Waals surface area contributed by atoms with Gasteiger partial charge >= 0.3 is 0 Å². The molecule has 0 bridgehead atoms. The molecule has 3 rings (SSSR count). The number of hydrogen-bond donors (Lipinski definition) is 1. The Morgan fingerprint density at radius 1 is 1.52 bits per heavy atom. The van der Waals surface area contributed by atoms with Gasteiger partial charge in [0.1, 0.15) is 6.10 Å². The Labute approximate surface area is 146 Å². The molecule has 8 heteroatoms. The van der Waals surface area contributed by atoms with E-state index in [-0.39, 0.29) is 17.9 Å². The van der Waals surface area contributed by atoms with Crippen molar-refractivity contribution in [3.8, 4) is 5.88 Å². The molecule has 25 heavy (non-hydrogen) atoms. The number of pyridine rings is 1. The molecule has 1 aliphatic heterocycles. The Hall–Kier alpha value is -2.48. The number of ether oxygens (including phenoxy) is 2. The van der Waals surface area contributed by atoms with Crippen LogP contribution in [0.4, 0.5) is 0 Å². The van der Waals surface area contributed by atoms with Gasteiger partial charge in [0.25, 0.3) is 5.91 Å². The van der Waals surface area contributed by atoms with Crippen LogP contribution in [0.2, 0.25) is 0 Å². The molecule has 1 atom stereocenters. The predicted octanol–water partition coefficient (Wildman–Crippen LogP) is 1.94. The van der Waals surface area contributed by atoms with Gasteiger partial charge in [-0.1, -0.05) is 13.8 Å². The molecule has 0 saturated carbocycles. The first-order valence-corrected chi connectivity index (χ1v) is 8.50. The molecule has 1 N–H and O–H groups in total. The predicted molar refractivity (Wildman–Crippen MR) is 90.5 cm³/mol. The number of carbonyl (C=O) groups excluding carboxylic acids is 1. The SMILES string of the molecule is CCOc1cc(C(=O)N2CCO[C@H](c3nc(C(C)C)n[nH]3)C2)ccn1. The summed E-state index contributed by atoms with van der Waals surface area (Å²) in [6, 6.07) is 3.36. The highest BCUT2D eigenvalue weighted by Crippen LogP contribution is 2.22. The van der Waals surface area contributed by atoms with Gasteiger partial charge in [-0.25, -0.2) is 9.97 Å². The first kappa shape index (κ1) is 17.3. The summed E-state index contributed by atoms with van der Waals surface area (Å²) >= 11 is 0. The van der Waals surface area contributed by atoms with E-state index in [0.29, 0.717) is 43.6 Å². The van der Waals surface area contributed by atoms with Crippen molar-refractivity contribution in [2.75, 3.05) is 26.3 Å².